The Labute approximate surface area is 125 Å². The van der Waals surface area contributed by atoms with Crippen molar-refractivity contribution in [1.82, 2.24) is 4.31 Å². The lowest BCUT2D eigenvalue weighted by Gasteiger charge is -2.24. The highest BCUT2D eigenvalue weighted by atomic mass is 32.2. The Morgan fingerprint density at radius 2 is 1.52 bits per heavy atom. The van der Waals surface area contributed by atoms with E-state index in [9.17, 15) is 13.5 Å². The van der Waals surface area contributed by atoms with Gasteiger partial charge in [0.15, 0.2) is 0 Å². The molecule has 0 saturated carbocycles. The van der Waals surface area contributed by atoms with Crippen LogP contribution >= 0.6 is 0 Å². The first-order chi connectivity index (χ1) is 9.82. The van der Waals surface area contributed by atoms with E-state index >= 15 is 0 Å². The fourth-order valence-corrected chi connectivity index (χ4v) is 3.40. The van der Waals surface area contributed by atoms with E-state index in [0.717, 1.165) is 11.1 Å². The summed E-state index contributed by atoms with van der Waals surface area (Å²) in [6.45, 7) is 3.73. The number of sulfonamides is 1. The van der Waals surface area contributed by atoms with E-state index in [0.29, 0.717) is 0 Å². The van der Waals surface area contributed by atoms with Crippen LogP contribution in [0.15, 0.2) is 53.4 Å². The van der Waals surface area contributed by atoms with E-state index in [1.807, 2.05) is 13.8 Å². The molecule has 0 bridgehead atoms. The minimum absolute atomic E-state index is 0.162. The van der Waals surface area contributed by atoms with Crippen molar-refractivity contribution in [1.29, 1.82) is 0 Å². The van der Waals surface area contributed by atoms with Crippen LogP contribution in [0, 0.1) is 6.92 Å². The van der Waals surface area contributed by atoms with Crippen LogP contribution in [0.25, 0.3) is 0 Å². The number of phenolic OH excluding ortho intramolecular Hbond substituents is 1. The molecule has 0 radical (unpaired) electrons. The van der Waals surface area contributed by atoms with Gasteiger partial charge in [-0.2, -0.15) is 4.31 Å². The monoisotopic (exact) mass is 305 g/mol. The van der Waals surface area contributed by atoms with E-state index in [-0.39, 0.29) is 16.7 Å². The van der Waals surface area contributed by atoms with Crippen molar-refractivity contribution in [3.05, 3.63) is 59.7 Å². The lowest BCUT2D eigenvalue weighted by Crippen LogP contribution is -2.29. The summed E-state index contributed by atoms with van der Waals surface area (Å²) in [6, 6.07) is 13.0. The highest BCUT2D eigenvalue weighted by Gasteiger charge is 2.26. The number of rotatable bonds is 4. The van der Waals surface area contributed by atoms with Crippen LogP contribution < -0.4 is 0 Å². The van der Waals surface area contributed by atoms with Gasteiger partial charge in [0.1, 0.15) is 5.75 Å². The van der Waals surface area contributed by atoms with Gasteiger partial charge in [-0.15, -0.1) is 0 Å². The molecule has 21 heavy (non-hydrogen) atoms. The van der Waals surface area contributed by atoms with Crippen molar-refractivity contribution >= 4 is 10.0 Å². The molecule has 2 aromatic rings. The molecule has 0 aromatic heterocycles. The lowest BCUT2D eigenvalue weighted by molar-refractivity contribution is 0.398. The van der Waals surface area contributed by atoms with Gasteiger partial charge in [-0.3, -0.25) is 0 Å². The molecule has 4 nitrogen and oxygen atoms in total. The van der Waals surface area contributed by atoms with Gasteiger partial charge in [0, 0.05) is 13.1 Å². The van der Waals surface area contributed by atoms with Crippen molar-refractivity contribution in [3.63, 3.8) is 0 Å². The Morgan fingerprint density at radius 3 is 2.05 bits per heavy atom. The summed E-state index contributed by atoms with van der Waals surface area (Å²) < 4.78 is 26.5. The highest BCUT2D eigenvalue weighted by molar-refractivity contribution is 7.89. The van der Waals surface area contributed by atoms with Gasteiger partial charge in [0.05, 0.1) is 4.90 Å². The lowest BCUT2D eigenvalue weighted by atomic mass is 10.1. The van der Waals surface area contributed by atoms with Crippen LogP contribution in [0.4, 0.5) is 0 Å². The molecule has 0 saturated heterocycles. The fourth-order valence-electron chi connectivity index (χ4n) is 2.05. The third-order valence-electron chi connectivity index (χ3n) is 3.62. The van der Waals surface area contributed by atoms with Gasteiger partial charge in [0.2, 0.25) is 10.0 Å². The molecule has 1 unspecified atom stereocenters. The van der Waals surface area contributed by atoms with Crippen LogP contribution in [0.5, 0.6) is 5.75 Å². The first kappa shape index (κ1) is 15.5. The van der Waals surface area contributed by atoms with Crippen molar-refractivity contribution in [2.24, 2.45) is 0 Å². The molecule has 1 N–H and O–H groups in total. The van der Waals surface area contributed by atoms with E-state index in [1.54, 1.807) is 55.6 Å². The summed E-state index contributed by atoms with van der Waals surface area (Å²) in [6.07, 6.45) is 0. The maximum atomic E-state index is 12.6. The van der Waals surface area contributed by atoms with Crippen LogP contribution in [-0.4, -0.2) is 24.9 Å². The zero-order valence-electron chi connectivity index (χ0n) is 12.3. The molecule has 0 aliphatic heterocycles. The van der Waals surface area contributed by atoms with Crippen molar-refractivity contribution < 1.29 is 13.5 Å². The molecule has 2 rings (SSSR count). The van der Waals surface area contributed by atoms with Crippen LogP contribution in [0.2, 0.25) is 0 Å². The fraction of sp³-hybridized carbons (Fsp3) is 0.250. The van der Waals surface area contributed by atoms with Crippen LogP contribution in [-0.2, 0) is 10.0 Å². The van der Waals surface area contributed by atoms with Crippen molar-refractivity contribution in [2.75, 3.05) is 7.05 Å². The van der Waals surface area contributed by atoms with Gasteiger partial charge in [-0.1, -0.05) is 29.8 Å². The molecule has 0 spiro atoms. The SMILES string of the molecule is Cc1ccc(S(=O)(=O)N(C)C(C)c2ccc(O)cc2)cc1. The van der Waals surface area contributed by atoms with Gasteiger partial charge in [-0.05, 0) is 43.7 Å². The molecule has 0 aliphatic rings. The van der Waals surface area contributed by atoms with Gasteiger partial charge in [0.25, 0.3) is 0 Å². The molecule has 112 valence electrons. The summed E-state index contributed by atoms with van der Waals surface area (Å²) in [4.78, 5) is 0.279. The molecular weight excluding hydrogens is 286 g/mol. The van der Waals surface area contributed by atoms with E-state index < -0.39 is 10.0 Å². The zero-order valence-corrected chi connectivity index (χ0v) is 13.1. The Morgan fingerprint density at radius 1 is 1.00 bits per heavy atom. The Bertz CT molecular complexity index is 706. The molecule has 0 amide bonds. The Hall–Kier alpha value is -1.85. The smallest absolute Gasteiger partial charge is 0.243 e. The average Bonchev–Trinajstić information content (AvgIpc) is 2.47. The number of benzene rings is 2. The molecule has 2 aromatic carbocycles. The second kappa shape index (κ2) is 5.87. The minimum atomic E-state index is -3.54. The summed E-state index contributed by atoms with van der Waals surface area (Å²) >= 11 is 0. The van der Waals surface area contributed by atoms with E-state index in [2.05, 4.69) is 0 Å². The maximum absolute atomic E-state index is 12.6. The average molecular weight is 305 g/mol. The number of hydrogen-bond acceptors (Lipinski definition) is 3. The number of aryl methyl sites for hydroxylation is 1. The number of nitrogens with zero attached hydrogens (tertiary/aromatic N) is 1. The second-order valence-electron chi connectivity index (χ2n) is 5.10. The predicted octanol–water partition coefficient (Wildman–Crippen LogP) is 3.08. The Balaban J connectivity index is 2.31. The third-order valence-corrected chi connectivity index (χ3v) is 5.56. The van der Waals surface area contributed by atoms with Gasteiger partial charge in [-0.25, -0.2) is 8.42 Å². The number of phenols is 1. The molecule has 0 aliphatic carbocycles. The number of aromatic hydroxyl groups is 1. The standard InChI is InChI=1S/C16H19NO3S/c1-12-4-10-16(11-5-12)21(19,20)17(3)13(2)14-6-8-15(18)9-7-14/h4-11,13,18H,1-3H3. The quantitative estimate of drug-likeness (QED) is 0.944. The normalized spacial score (nSPS) is 13.3. The van der Waals surface area contributed by atoms with Crippen LogP contribution in [0.1, 0.15) is 24.1 Å². The number of hydrogen-bond donors (Lipinski definition) is 1. The first-order valence-corrected chi connectivity index (χ1v) is 8.10. The Kier molecular flexibility index (Phi) is 4.34. The first-order valence-electron chi connectivity index (χ1n) is 6.66. The summed E-state index contributed by atoms with van der Waals surface area (Å²) in [5.41, 5.74) is 1.84. The van der Waals surface area contributed by atoms with E-state index in [1.165, 1.54) is 4.31 Å². The van der Waals surface area contributed by atoms with Crippen molar-refractivity contribution in [2.45, 2.75) is 24.8 Å². The zero-order chi connectivity index (χ0) is 15.6. The topological polar surface area (TPSA) is 57.6 Å². The molecule has 1 atom stereocenters. The van der Waals surface area contributed by atoms with Crippen LogP contribution in [0.3, 0.4) is 0 Å². The maximum Gasteiger partial charge on any atom is 0.243 e. The van der Waals surface area contributed by atoms with Crippen molar-refractivity contribution in [3.8, 4) is 5.75 Å². The summed E-state index contributed by atoms with van der Waals surface area (Å²) in [7, 11) is -1.98. The molecule has 0 fully saturated rings. The summed E-state index contributed by atoms with van der Waals surface area (Å²) in [5, 5.41) is 9.31. The highest BCUT2D eigenvalue weighted by Crippen LogP contribution is 2.26. The van der Waals surface area contributed by atoms with Gasteiger partial charge < -0.3 is 5.11 Å². The second-order valence-corrected chi connectivity index (χ2v) is 7.10. The molecule has 0 heterocycles. The largest absolute Gasteiger partial charge is 0.508 e. The molecule has 5 heteroatoms. The third kappa shape index (κ3) is 3.25. The van der Waals surface area contributed by atoms with E-state index in [4.69, 9.17) is 0 Å². The molecular formula is C16H19NO3S. The predicted molar refractivity (Wildman–Crippen MR) is 82.6 cm³/mol. The minimum Gasteiger partial charge on any atom is -0.508 e. The summed E-state index contributed by atoms with van der Waals surface area (Å²) in [5.74, 6) is 0.162. The van der Waals surface area contributed by atoms with Gasteiger partial charge >= 0.3 is 0 Å².